The number of hydrogen-bond acceptors (Lipinski definition) is 4. The van der Waals surface area contributed by atoms with Gasteiger partial charge in [0.2, 0.25) is 0 Å². The fraction of sp³-hybridized carbons (Fsp3) is 0.944. The van der Waals surface area contributed by atoms with Gasteiger partial charge in [-0.1, -0.05) is 6.42 Å². The van der Waals surface area contributed by atoms with E-state index >= 15 is 0 Å². The Kier molecular flexibility index (Phi) is 9.80. The van der Waals surface area contributed by atoms with E-state index in [2.05, 4.69) is 27.4 Å². The Bertz CT molecular complexity index is 403. The number of fused-ring (bicyclic) bond motifs is 1. The minimum Gasteiger partial charge on any atom is -0.373 e. The van der Waals surface area contributed by atoms with Crippen molar-refractivity contribution in [3.05, 3.63) is 0 Å². The molecule has 0 aromatic carbocycles. The third-order valence-electron chi connectivity index (χ3n) is 5.43. The molecular formula is C18H36IN5O. The highest BCUT2D eigenvalue weighted by molar-refractivity contribution is 14.0. The number of halogens is 1. The Balaban J connectivity index is 0.00000225. The summed E-state index contributed by atoms with van der Waals surface area (Å²) >= 11 is 0. The van der Waals surface area contributed by atoms with Gasteiger partial charge in [0, 0.05) is 32.2 Å². The van der Waals surface area contributed by atoms with Gasteiger partial charge in [-0.3, -0.25) is 9.89 Å². The van der Waals surface area contributed by atoms with Crippen LogP contribution < -0.4 is 10.6 Å². The Hall–Kier alpha value is -0.120. The van der Waals surface area contributed by atoms with E-state index in [0.29, 0.717) is 6.04 Å². The first-order valence-electron chi connectivity index (χ1n) is 9.95. The molecule has 0 spiro atoms. The molecular weight excluding hydrogens is 429 g/mol. The van der Waals surface area contributed by atoms with Crippen LogP contribution in [0.5, 0.6) is 0 Å². The van der Waals surface area contributed by atoms with Crippen LogP contribution >= 0.6 is 24.0 Å². The highest BCUT2D eigenvalue weighted by atomic mass is 127. The van der Waals surface area contributed by atoms with Crippen molar-refractivity contribution in [1.29, 1.82) is 0 Å². The fourth-order valence-electron chi connectivity index (χ4n) is 4.05. The van der Waals surface area contributed by atoms with Gasteiger partial charge >= 0.3 is 0 Å². The van der Waals surface area contributed by atoms with Crippen molar-refractivity contribution < 1.29 is 4.74 Å². The largest absolute Gasteiger partial charge is 0.373 e. The third kappa shape index (κ3) is 6.84. The first-order valence-corrected chi connectivity index (χ1v) is 9.95. The summed E-state index contributed by atoms with van der Waals surface area (Å²) in [7, 11) is 0. The van der Waals surface area contributed by atoms with Crippen LogP contribution in [-0.2, 0) is 4.74 Å². The second-order valence-electron chi connectivity index (χ2n) is 7.30. The summed E-state index contributed by atoms with van der Waals surface area (Å²) in [6.07, 6.45) is 6.97. The van der Waals surface area contributed by atoms with E-state index in [1.165, 1.54) is 51.7 Å². The standard InChI is InChI=1S/C18H35N5O.HI/c1-2-19-18(20-8-12-22-9-4-3-5-10-22)21-13-17-14-23-11-6-7-16(23)15-24-17;/h16-17H,2-15H2,1H3,(H2,19,20,21);1H. The van der Waals surface area contributed by atoms with Crippen molar-refractivity contribution in [2.75, 3.05) is 59.0 Å². The van der Waals surface area contributed by atoms with Gasteiger partial charge in [0.15, 0.2) is 5.96 Å². The number of aliphatic imine (C=N–C) groups is 1. The molecule has 3 aliphatic rings. The Morgan fingerprint density at radius 1 is 1.12 bits per heavy atom. The molecule has 2 unspecified atom stereocenters. The van der Waals surface area contributed by atoms with Crippen LogP contribution in [0.2, 0.25) is 0 Å². The maximum absolute atomic E-state index is 6.01. The van der Waals surface area contributed by atoms with Gasteiger partial charge in [-0.2, -0.15) is 0 Å². The van der Waals surface area contributed by atoms with Crippen LogP contribution in [0.25, 0.3) is 0 Å². The van der Waals surface area contributed by atoms with Crippen LogP contribution in [0.1, 0.15) is 39.0 Å². The maximum Gasteiger partial charge on any atom is 0.191 e. The molecule has 0 aromatic rings. The molecule has 6 nitrogen and oxygen atoms in total. The molecule has 0 amide bonds. The van der Waals surface area contributed by atoms with Gasteiger partial charge in [0.05, 0.1) is 19.3 Å². The van der Waals surface area contributed by atoms with Gasteiger partial charge in [-0.05, 0) is 52.2 Å². The van der Waals surface area contributed by atoms with Crippen molar-refractivity contribution in [2.45, 2.75) is 51.2 Å². The van der Waals surface area contributed by atoms with E-state index in [9.17, 15) is 0 Å². The van der Waals surface area contributed by atoms with Crippen molar-refractivity contribution >= 4 is 29.9 Å². The predicted octanol–water partition coefficient (Wildman–Crippen LogP) is 1.51. The zero-order valence-electron chi connectivity index (χ0n) is 15.7. The topological polar surface area (TPSA) is 52.1 Å². The van der Waals surface area contributed by atoms with Crippen molar-refractivity contribution in [3.8, 4) is 0 Å². The number of morpholine rings is 1. The molecule has 3 saturated heterocycles. The lowest BCUT2D eigenvalue weighted by Crippen LogP contribution is -2.48. The lowest BCUT2D eigenvalue weighted by molar-refractivity contribution is -0.0432. The molecule has 0 radical (unpaired) electrons. The quantitative estimate of drug-likeness (QED) is 0.354. The van der Waals surface area contributed by atoms with Crippen molar-refractivity contribution in [3.63, 3.8) is 0 Å². The van der Waals surface area contributed by atoms with Crippen LogP contribution in [0, 0.1) is 0 Å². The lowest BCUT2D eigenvalue weighted by Gasteiger charge is -2.34. The van der Waals surface area contributed by atoms with Crippen LogP contribution in [-0.4, -0.2) is 86.9 Å². The zero-order chi connectivity index (χ0) is 16.6. The number of ether oxygens (including phenoxy) is 1. The summed E-state index contributed by atoms with van der Waals surface area (Å²) in [5.41, 5.74) is 0. The summed E-state index contributed by atoms with van der Waals surface area (Å²) in [6, 6.07) is 0.668. The average Bonchev–Trinajstić information content (AvgIpc) is 3.08. The number of guanidine groups is 1. The van der Waals surface area contributed by atoms with Gasteiger partial charge < -0.3 is 20.3 Å². The lowest BCUT2D eigenvalue weighted by atomic mass is 10.1. The van der Waals surface area contributed by atoms with Crippen molar-refractivity contribution in [2.24, 2.45) is 4.99 Å². The molecule has 146 valence electrons. The maximum atomic E-state index is 6.01. The normalized spacial score (nSPS) is 28.3. The number of likely N-dealkylation sites (tertiary alicyclic amines) is 1. The summed E-state index contributed by atoms with van der Waals surface area (Å²) < 4.78 is 6.01. The SMILES string of the molecule is CCNC(=NCC1CN2CCCC2CO1)NCCN1CCCCC1.I. The van der Waals surface area contributed by atoms with Gasteiger partial charge in [0.1, 0.15) is 0 Å². The van der Waals surface area contributed by atoms with Crippen LogP contribution in [0.15, 0.2) is 4.99 Å². The van der Waals surface area contributed by atoms with E-state index < -0.39 is 0 Å². The Labute approximate surface area is 170 Å². The van der Waals surface area contributed by atoms with Crippen molar-refractivity contribution in [1.82, 2.24) is 20.4 Å². The average molecular weight is 465 g/mol. The summed E-state index contributed by atoms with van der Waals surface area (Å²) in [6.45, 7) is 11.5. The predicted molar refractivity (Wildman–Crippen MR) is 114 cm³/mol. The molecule has 0 aromatic heterocycles. The highest BCUT2D eigenvalue weighted by Gasteiger charge is 2.31. The summed E-state index contributed by atoms with van der Waals surface area (Å²) in [5, 5.41) is 6.84. The fourth-order valence-corrected chi connectivity index (χ4v) is 4.05. The zero-order valence-corrected chi connectivity index (χ0v) is 18.0. The molecule has 0 aliphatic carbocycles. The highest BCUT2D eigenvalue weighted by Crippen LogP contribution is 2.22. The molecule has 2 atom stereocenters. The second kappa shape index (κ2) is 11.6. The summed E-state index contributed by atoms with van der Waals surface area (Å²) in [5.74, 6) is 0.932. The minimum atomic E-state index is 0. The van der Waals surface area contributed by atoms with E-state index in [0.717, 1.165) is 45.3 Å². The van der Waals surface area contributed by atoms with Gasteiger partial charge in [0.25, 0.3) is 0 Å². The summed E-state index contributed by atoms with van der Waals surface area (Å²) in [4.78, 5) is 9.90. The number of piperidine rings is 1. The minimum absolute atomic E-state index is 0. The van der Waals surface area contributed by atoms with Gasteiger partial charge in [-0.15, -0.1) is 24.0 Å². The monoisotopic (exact) mass is 465 g/mol. The third-order valence-corrected chi connectivity index (χ3v) is 5.43. The Morgan fingerprint density at radius 3 is 2.76 bits per heavy atom. The molecule has 2 N–H and O–H groups in total. The molecule has 0 bridgehead atoms. The Morgan fingerprint density at radius 2 is 1.96 bits per heavy atom. The molecule has 3 fully saturated rings. The van der Waals surface area contributed by atoms with E-state index in [-0.39, 0.29) is 30.1 Å². The number of rotatable bonds is 6. The number of hydrogen-bond donors (Lipinski definition) is 2. The molecule has 3 heterocycles. The van der Waals surface area contributed by atoms with Crippen LogP contribution in [0.3, 0.4) is 0 Å². The van der Waals surface area contributed by atoms with Crippen LogP contribution in [0.4, 0.5) is 0 Å². The first kappa shape index (κ1) is 21.2. The first-order chi connectivity index (χ1) is 11.8. The number of nitrogens with zero attached hydrogens (tertiary/aromatic N) is 3. The molecule has 7 heteroatoms. The molecule has 3 rings (SSSR count). The van der Waals surface area contributed by atoms with E-state index in [1.807, 2.05) is 0 Å². The number of nitrogens with one attached hydrogen (secondary N) is 2. The molecule has 25 heavy (non-hydrogen) atoms. The smallest absolute Gasteiger partial charge is 0.191 e. The van der Waals surface area contributed by atoms with Gasteiger partial charge in [-0.25, -0.2) is 0 Å². The molecule has 0 saturated carbocycles. The second-order valence-corrected chi connectivity index (χ2v) is 7.30. The molecule has 3 aliphatic heterocycles. The van der Waals surface area contributed by atoms with E-state index in [1.54, 1.807) is 0 Å². The van der Waals surface area contributed by atoms with E-state index in [4.69, 9.17) is 9.73 Å².